The average molecular weight is 373 g/mol. The van der Waals surface area contributed by atoms with E-state index in [4.69, 9.17) is 47.0 Å². The maximum Gasteiger partial charge on any atom is 0.253 e. The Morgan fingerprint density at radius 2 is 2.05 bits per heavy atom. The third-order valence-corrected chi connectivity index (χ3v) is 3.18. The van der Waals surface area contributed by atoms with Crippen molar-refractivity contribution in [2.75, 3.05) is 12.0 Å². The first kappa shape index (κ1) is 18.2. The highest BCUT2D eigenvalue weighted by Gasteiger charge is 2.34. The van der Waals surface area contributed by atoms with Crippen LogP contribution < -0.4 is 16.0 Å². The zero-order chi connectivity index (χ0) is 16.0. The summed E-state index contributed by atoms with van der Waals surface area (Å²) in [6, 6.07) is 7.43. The molecule has 0 spiro atoms. The number of anilines is 1. The average Bonchev–Trinajstić information content (AvgIpc) is 2.36. The van der Waals surface area contributed by atoms with Crippen LogP contribution in [0.2, 0.25) is 0 Å². The fraction of sp³-hybridized carbons (Fsp3) is 0.333. The standard InChI is InChI=1S/C12H13Cl3FN3OS/c1-7-3-2-4-8(5-7)17-11(21)19-10(12(13,14)15)18-9(20)6-16/h2-5,10H,6H2,1H3,(H,18,20)(H2,17,19,21)/t10-/m0/s1. The molecule has 1 aromatic rings. The van der Waals surface area contributed by atoms with Crippen molar-refractivity contribution < 1.29 is 9.18 Å². The molecular formula is C12H13Cl3FN3OS. The van der Waals surface area contributed by atoms with Crippen molar-refractivity contribution in [1.82, 2.24) is 10.6 Å². The highest BCUT2D eigenvalue weighted by molar-refractivity contribution is 7.80. The molecule has 21 heavy (non-hydrogen) atoms. The van der Waals surface area contributed by atoms with Crippen molar-refractivity contribution in [3.05, 3.63) is 29.8 Å². The summed E-state index contributed by atoms with van der Waals surface area (Å²) in [5.74, 6) is -0.919. The van der Waals surface area contributed by atoms with E-state index in [1.54, 1.807) is 6.07 Å². The van der Waals surface area contributed by atoms with Gasteiger partial charge < -0.3 is 16.0 Å². The van der Waals surface area contributed by atoms with Gasteiger partial charge >= 0.3 is 0 Å². The summed E-state index contributed by atoms with van der Waals surface area (Å²) in [6.07, 6.45) is -1.17. The number of amides is 1. The second-order valence-corrected chi connectivity index (χ2v) is 6.92. The van der Waals surface area contributed by atoms with Crippen LogP contribution in [0.15, 0.2) is 24.3 Å². The second-order valence-electron chi connectivity index (χ2n) is 4.14. The molecule has 1 atom stereocenters. The highest BCUT2D eigenvalue weighted by Crippen LogP contribution is 2.29. The third-order valence-electron chi connectivity index (χ3n) is 2.31. The molecule has 0 aliphatic rings. The first-order valence-electron chi connectivity index (χ1n) is 5.78. The van der Waals surface area contributed by atoms with Crippen molar-refractivity contribution >= 4 is 63.7 Å². The predicted molar refractivity (Wildman–Crippen MR) is 88.7 cm³/mol. The van der Waals surface area contributed by atoms with E-state index in [1.165, 1.54) is 0 Å². The van der Waals surface area contributed by atoms with E-state index in [-0.39, 0.29) is 5.11 Å². The fourth-order valence-electron chi connectivity index (χ4n) is 1.42. The summed E-state index contributed by atoms with van der Waals surface area (Å²) in [5.41, 5.74) is 1.76. The molecule has 0 bridgehead atoms. The number of benzene rings is 1. The molecule has 9 heteroatoms. The van der Waals surface area contributed by atoms with E-state index >= 15 is 0 Å². The minimum absolute atomic E-state index is 0.121. The Morgan fingerprint density at radius 1 is 1.38 bits per heavy atom. The zero-order valence-electron chi connectivity index (χ0n) is 10.9. The van der Waals surface area contributed by atoms with Gasteiger partial charge in [0.25, 0.3) is 5.91 Å². The number of nitrogens with one attached hydrogen (secondary N) is 3. The van der Waals surface area contributed by atoms with Crippen LogP contribution in [0.25, 0.3) is 0 Å². The summed E-state index contributed by atoms with van der Waals surface area (Å²) >= 11 is 22.2. The summed E-state index contributed by atoms with van der Waals surface area (Å²) in [4.78, 5) is 11.1. The van der Waals surface area contributed by atoms with Gasteiger partial charge in [-0.2, -0.15) is 0 Å². The van der Waals surface area contributed by atoms with E-state index in [0.29, 0.717) is 0 Å². The Hall–Kier alpha value is -0.820. The van der Waals surface area contributed by atoms with Gasteiger partial charge in [0.1, 0.15) is 6.17 Å². The molecule has 0 aliphatic heterocycles. The van der Waals surface area contributed by atoms with Crippen molar-refractivity contribution in [2.24, 2.45) is 0 Å². The van der Waals surface area contributed by atoms with Gasteiger partial charge in [-0.05, 0) is 36.8 Å². The van der Waals surface area contributed by atoms with Gasteiger partial charge in [0.15, 0.2) is 11.8 Å². The van der Waals surface area contributed by atoms with Gasteiger partial charge in [-0.3, -0.25) is 4.79 Å². The lowest BCUT2D eigenvalue weighted by molar-refractivity contribution is -0.122. The molecule has 0 heterocycles. The summed E-state index contributed by atoms with van der Waals surface area (Å²) in [6.45, 7) is 0.699. The molecule has 0 aromatic heterocycles. The molecule has 0 saturated heterocycles. The molecule has 0 saturated carbocycles. The summed E-state index contributed by atoms with van der Waals surface area (Å²) in [7, 11) is 0. The second kappa shape index (κ2) is 7.98. The van der Waals surface area contributed by atoms with E-state index in [9.17, 15) is 9.18 Å². The number of hydrogen-bond donors (Lipinski definition) is 3. The summed E-state index contributed by atoms with van der Waals surface area (Å²) in [5, 5.41) is 7.80. The number of carbonyl (C=O) groups excluding carboxylic acids is 1. The van der Waals surface area contributed by atoms with Gasteiger partial charge in [-0.15, -0.1) is 0 Å². The SMILES string of the molecule is Cc1cccc(NC(=S)N[C@H](NC(=O)CF)C(Cl)(Cl)Cl)c1. The fourth-order valence-corrected chi connectivity index (χ4v) is 1.98. The van der Waals surface area contributed by atoms with E-state index in [0.717, 1.165) is 11.3 Å². The van der Waals surface area contributed by atoms with Crippen molar-refractivity contribution in [2.45, 2.75) is 16.9 Å². The zero-order valence-corrected chi connectivity index (χ0v) is 14.0. The van der Waals surface area contributed by atoms with E-state index < -0.39 is 22.5 Å². The van der Waals surface area contributed by atoms with E-state index in [1.807, 2.05) is 25.1 Å². The number of carbonyl (C=O) groups is 1. The van der Waals surface area contributed by atoms with Gasteiger partial charge in [-0.25, -0.2) is 4.39 Å². The molecule has 1 aromatic carbocycles. The molecule has 3 N–H and O–H groups in total. The maximum atomic E-state index is 12.2. The van der Waals surface area contributed by atoms with Crippen molar-refractivity contribution in [1.29, 1.82) is 0 Å². The minimum Gasteiger partial charge on any atom is -0.339 e. The Morgan fingerprint density at radius 3 is 2.57 bits per heavy atom. The van der Waals surface area contributed by atoms with Crippen LogP contribution in [0.4, 0.5) is 10.1 Å². The molecule has 0 fully saturated rings. The van der Waals surface area contributed by atoms with Crippen LogP contribution >= 0.6 is 47.0 Å². The lowest BCUT2D eigenvalue weighted by Crippen LogP contribution is -2.56. The lowest BCUT2D eigenvalue weighted by Gasteiger charge is -2.27. The normalized spacial score (nSPS) is 12.4. The number of thiocarbonyl (C=S) groups is 1. The smallest absolute Gasteiger partial charge is 0.253 e. The topological polar surface area (TPSA) is 53.2 Å². The summed E-state index contributed by atoms with van der Waals surface area (Å²) < 4.78 is 10.3. The first-order valence-corrected chi connectivity index (χ1v) is 7.33. The minimum atomic E-state index is -1.90. The molecule has 0 aliphatic carbocycles. The van der Waals surface area contributed by atoms with Gasteiger partial charge in [0.05, 0.1) is 0 Å². The monoisotopic (exact) mass is 371 g/mol. The molecule has 116 valence electrons. The van der Waals surface area contributed by atoms with Crippen LogP contribution in [-0.4, -0.2) is 27.7 Å². The number of hydrogen-bond acceptors (Lipinski definition) is 2. The molecular weight excluding hydrogens is 360 g/mol. The largest absolute Gasteiger partial charge is 0.339 e. The van der Waals surface area contributed by atoms with Crippen LogP contribution in [0.3, 0.4) is 0 Å². The number of halogens is 4. The third kappa shape index (κ3) is 6.65. The Balaban J connectivity index is 2.70. The number of aryl methyl sites for hydroxylation is 1. The lowest BCUT2D eigenvalue weighted by atomic mass is 10.2. The predicted octanol–water partition coefficient (Wildman–Crippen LogP) is 3.06. The van der Waals surface area contributed by atoms with Crippen LogP contribution in [0.1, 0.15) is 5.56 Å². The molecule has 4 nitrogen and oxygen atoms in total. The molecule has 1 rings (SSSR count). The van der Waals surface area contributed by atoms with Crippen LogP contribution in [0.5, 0.6) is 0 Å². The maximum absolute atomic E-state index is 12.2. The van der Waals surface area contributed by atoms with Crippen molar-refractivity contribution in [3.8, 4) is 0 Å². The van der Waals surface area contributed by atoms with Crippen LogP contribution in [0, 0.1) is 6.92 Å². The van der Waals surface area contributed by atoms with Gasteiger partial charge in [0.2, 0.25) is 3.79 Å². The Bertz CT molecular complexity index is 525. The first-order chi connectivity index (χ1) is 9.72. The van der Waals surface area contributed by atoms with Crippen molar-refractivity contribution in [3.63, 3.8) is 0 Å². The van der Waals surface area contributed by atoms with Gasteiger partial charge in [-0.1, -0.05) is 46.9 Å². The van der Waals surface area contributed by atoms with Gasteiger partial charge in [0, 0.05) is 5.69 Å². The molecule has 0 unspecified atom stereocenters. The molecule has 1 amide bonds. The Kier molecular flexibility index (Phi) is 6.93. The number of alkyl halides is 4. The number of rotatable bonds is 4. The Labute approximate surface area is 142 Å². The molecule has 0 radical (unpaired) electrons. The van der Waals surface area contributed by atoms with Crippen LogP contribution in [-0.2, 0) is 4.79 Å². The highest BCUT2D eigenvalue weighted by atomic mass is 35.6. The quantitative estimate of drug-likeness (QED) is 0.432. The van der Waals surface area contributed by atoms with E-state index in [2.05, 4.69) is 16.0 Å².